The summed E-state index contributed by atoms with van der Waals surface area (Å²) in [6.45, 7) is 0. The Kier molecular flexibility index (Phi) is 4.93. The fourth-order valence-corrected chi connectivity index (χ4v) is 2.22. The maximum Gasteiger partial charge on any atom is 0.290 e. The van der Waals surface area contributed by atoms with Crippen molar-refractivity contribution >= 4 is 23.2 Å². The fourth-order valence-electron chi connectivity index (χ4n) is 2.06. The van der Waals surface area contributed by atoms with Gasteiger partial charge in [0.1, 0.15) is 11.4 Å². The first kappa shape index (κ1) is 15.8. The number of benzene rings is 1. The van der Waals surface area contributed by atoms with Crippen LogP contribution in [-0.4, -0.2) is 21.6 Å². The zero-order valence-corrected chi connectivity index (χ0v) is 13.3. The number of pyridine rings is 2. The zero-order chi connectivity index (χ0) is 16.8. The second-order valence-corrected chi connectivity index (χ2v) is 5.28. The van der Waals surface area contributed by atoms with Crippen LogP contribution in [-0.2, 0) is 0 Å². The van der Waals surface area contributed by atoms with Gasteiger partial charge in [-0.2, -0.15) is 5.10 Å². The van der Waals surface area contributed by atoms with Gasteiger partial charge >= 0.3 is 0 Å². The average molecular weight is 337 g/mol. The van der Waals surface area contributed by atoms with Crippen LogP contribution in [0.5, 0.6) is 0 Å². The van der Waals surface area contributed by atoms with Gasteiger partial charge in [-0.15, -0.1) is 0 Å². The third-order valence-electron chi connectivity index (χ3n) is 3.18. The van der Waals surface area contributed by atoms with Gasteiger partial charge < -0.3 is 0 Å². The maximum absolute atomic E-state index is 12.2. The lowest BCUT2D eigenvalue weighted by Crippen LogP contribution is -2.22. The lowest BCUT2D eigenvalue weighted by molar-refractivity contribution is 0.0950. The van der Waals surface area contributed by atoms with Crippen molar-refractivity contribution in [2.45, 2.75) is 0 Å². The van der Waals surface area contributed by atoms with Crippen LogP contribution in [0.3, 0.4) is 0 Å². The Labute approximate surface area is 144 Å². The van der Waals surface area contributed by atoms with E-state index >= 15 is 0 Å². The Hall–Kier alpha value is -3.05. The predicted octanol–water partition coefficient (Wildman–Crippen LogP) is 3.31. The molecule has 0 bridgehead atoms. The molecule has 2 heterocycles. The van der Waals surface area contributed by atoms with Crippen LogP contribution in [0, 0.1) is 0 Å². The van der Waals surface area contributed by atoms with Gasteiger partial charge in [-0.3, -0.25) is 14.8 Å². The topological polar surface area (TPSA) is 67.2 Å². The van der Waals surface area contributed by atoms with Gasteiger partial charge in [-0.1, -0.05) is 48.0 Å². The summed E-state index contributed by atoms with van der Waals surface area (Å²) in [7, 11) is 0. The van der Waals surface area contributed by atoms with Crippen LogP contribution in [0.25, 0.3) is 0 Å². The molecule has 118 valence electrons. The van der Waals surface area contributed by atoms with E-state index in [1.54, 1.807) is 12.3 Å². The molecule has 0 radical (unpaired) electrons. The van der Waals surface area contributed by atoms with Crippen molar-refractivity contribution in [3.8, 4) is 0 Å². The third kappa shape index (κ3) is 3.83. The number of halogens is 1. The fraction of sp³-hybridized carbons (Fsp3) is 0. The first-order valence-corrected chi connectivity index (χ1v) is 7.58. The van der Waals surface area contributed by atoms with E-state index in [4.69, 9.17) is 11.6 Å². The van der Waals surface area contributed by atoms with Gasteiger partial charge in [-0.05, 0) is 24.3 Å². The molecule has 0 saturated carbocycles. The summed E-state index contributed by atoms with van der Waals surface area (Å²) in [4.78, 5) is 20.5. The van der Waals surface area contributed by atoms with Crippen LogP contribution >= 0.6 is 11.6 Å². The maximum atomic E-state index is 12.2. The molecule has 0 aliphatic carbocycles. The first-order valence-electron chi connectivity index (χ1n) is 7.20. The molecule has 0 aliphatic heterocycles. The van der Waals surface area contributed by atoms with Gasteiger partial charge in [0.2, 0.25) is 0 Å². The molecule has 2 aromatic heterocycles. The highest BCUT2D eigenvalue weighted by Gasteiger charge is 2.11. The third-order valence-corrected chi connectivity index (χ3v) is 3.41. The molecule has 6 heteroatoms. The highest BCUT2D eigenvalue weighted by atomic mass is 35.5. The first-order chi connectivity index (χ1) is 11.7. The highest BCUT2D eigenvalue weighted by Crippen LogP contribution is 2.10. The molecule has 1 N–H and O–H groups in total. The van der Waals surface area contributed by atoms with Gasteiger partial charge in [0.25, 0.3) is 5.91 Å². The SMILES string of the molecule is O=C(NN=C(c1ccccc1)c1ccccn1)c1cc(Cl)ccn1. The molecular formula is C18H13ClN4O. The standard InChI is InChI=1S/C18H13ClN4O/c19-14-9-11-21-16(12-14)18(24)23-22-17(13-6-2-1-3-7-13)15-8-4-5-10-20-15/h1-12H,(H,23,24). The summed E-state index contributed by atoms with van der Waals surface area (Å²) in [5, 5.41) is 4.68. The van der Waals surface area contributed by atoms with Crippen molar-refractivity contribution in [2.24, 2.45) is 5.10 Å². The van der Waals surface area contributed by atoms with Crippen LogP contribution in [0.4, 0.5) is 0 Å². The highest BCUT2D eigenvalue weighted by molar-refractivity contribution is 6.30. The zero-order valence-electron chi connectivity index (χ0n) is 12.6. The average Bonchev–Trinajstić information content (AvgIpc) is 2.63. The molecule has 5 nitrogen and oxygen atoms in total. The van der Waals surface area contributed by atoms with Crippen molar-refractivity contribution in [1.82, 2.24) is 15.4 Å². The summed E-state index contributed by atoms with van der Waals surface area (Å²) >= 11 is 5.88. The number of nitrogens with one attached hydrogen (secondary N) is 1. The number of carbonyl (C=O) groups excluding carboxylic acids is 1. The molecule has 0 spiro atoms. The molecule has 0 aliphatic rings. The summed E-state index contributed by atoms with van der Waals surface area (Å²) in [5.74, 6) is -0.443. The number of hydrazone groups is 1. The Balaban J connectivity index is 1.91. The normalized spacial score (nSPS) is 11.1. The van der Waals surface area contributed by atoms with Crippen molar-refractivity contribution in [3.63, 3.8) is 0 Å². The molecule has 0 unspecified atom stereocenters. The Morgan fingerprint density at radius 3 is 2.38 bits per heavy atom. The lowest BCUT2D eigenvalue weighted by atomic mass is 10.1. The van der Waals surface area contributed by atoms with Gasteiger partial charge in [0, 0.05) is 23.0 Å². The van der Waals surface area contributed by atoms with Crippen molar-refractivity contribution in [2.75, 3.05) is 0 Å². The molecule has 3 aromatic rings. The van der Waals surface area contributed by atoms with E-state index in [9.17, 15) is 4.79 Å². The van der Waals surface area contributed by atoms with Crippen LogP contribution in [0.2, 0.25) is 5.02 Å². The number of aromatic nitrogens is 2. The molecular weight excluding hydrogens is 324 g/mol. The molecule has 1 aromatic carbocycles. The number of rotatable bonds is 4. The smallest absolute Gasteiger partial charge is 0.266 e. The second kappa shape index (κ2) is 7.48. The van der Waals surface area contributed by atoms with E-state index in [0.29, 0.717) is 16.4 Å². The minimum absolute atomic E-state index is 0.194. The summed E-state index contributed by atoms with van der Waals surface area (Å²) < 4.78 is 0. The second-order valence-electron chi connectivity index (χ2n) is 4.84. The Bertz CT molecular complexity index is 825. The van der Waals surface area contributed by atoms with E-state index < -0.39 is 5.91 Å². The van der Waals surface area contributed by atoms with Crippen molar-refractivity contribution in [1.29, 1.82) is 0 Å². The Morgan fingerprint density at radius 2 is 1.67 bits per heavy atom. The van der Waals surface area contributed by atoms with E-state index in [2.05, 4.69) is 20.5 Å². The van der Waals surface area contributed by atoms with E-state index in [0.717, 1.165) is 5.56 Å². The molecule has 24 heavy (non-hydrogen) atoms. The van der Waals surface area contributed by atoms with E-state index in [-0.39, 0.29) is 5.69 Å². The molecule has 3 rings (SSSR count). The monoisotopic (exact) mass is 336 g/mol. The van der Waals surface area contributed by atoms with E-state index in [1.807, 2.05) is 48.5 Å². The molecule has 1 amide bonds. The number of nitrogens with zero attached hydrogens (tertiary/aromatic N) is 3. The summed E-state index contributed by atoms with van der Waals surface area (Å²) in [6, 6.07) is 18.1. The predicted molar refractivity (Wildman–Crippen MR) is 93.0 cm³/mol. The number of hydrogen-bond acceptors (Lipinski definition) is 4. The minimum atomic E-state index is -0.443. The van der Waals surface area contributed by atoms with Gasteiger partial charge in [0.05, 0.1) is 5.69 Å². The number of carbonyl (C=O) groups is 1. The van der Waals surface area contributed by atoms with Crippen LogP contribution in [0.15, 0.2) is 78.2 Å². The number of amides is 1. The van der Waals surface area contributed by atoms with E-state index in [1.165, 1.54) is 12.3 Å². The Morgan fingerprint density at radius 1 is 0.917 bits per heavy atom. The minimum Gasteiger partial charge on any atom is -0.266 e. The number of hydrogen-bond donors (Lipinski definition) is 1. The molecule has 0 saturated heterocycles. The summed E-state index contributed by atoms with van der Waals surface area (Å²) in [5.41, 5.74) is 4.77. The van der Waals surface area contributed by atoms with Gasteiger partial charge in [-0.25, -0.2) is 5.43 Å². The van der Waals surface area contributed by atoms with Crippen LogP contribution < -0.4 is 5.43 Å². The van der Waals surface area contributed by atoms with Crippen molar-refractivity contribution in [3.05, 3.63) is 95.0 Å². The lowest BCUT2D eigenvalue weighted by Gasteiger charge is -2.07. The summed E-state index contributed by atoms with van der Waals surface area (Å²) in [6.07, 6.45) is 3.14. The largest absolute Gasteiger partial charge is 0.290 e. The molecule has 0 fully saturated rings. The van der Waals surface area contributed by atoms with Gasteiger partial charge in [0.15, 0.2) is 0 Å². The quantitative estimate of drug-likeness (QED) is 0.587. The van der Waals surface area contributed by atoms with Crippen LogP contribution in [0.1, 0.15) is 21.7 Å². The van der Waals surface area contributed by atoms with Crippen molar-refractivity contribution < 1.29 is 4.79 Å². The molecule has 0 atom stereocenters.